The van der Waals surface area contributed by atoms with Crippen molar-refractivity contribution in [3.63, 3.8) is 0 Å². The molecule has 0 radical (unpaired) electrons. The molecule has 3 aliphatic rings. The average molecular weight is 468 g/mol. The number of likely N-dealkylation sites (tertiary alicyclic amines) is 1. The van der Waals surface area contributed by atoms with Crippen molar-refractivity contribution >= 4 is 23.6 Å². The summed E-state index contributed by atoms with van der Waals surface area (Å²) in [6.45, 7) is 11.1. The summed E-state index contributed by atoms with van der Waals surface area (Å²) in [6, 6.07) is 8.29. The molecule has 2 aliphatic heterocycles. The van der Waals surface area contributed by atoms with E-state index in [0.717, 1.165) is 47.1 Å². The molecule has 2 unspecified atom stereocenters. The van der Waals surface area contributed by atoms with E-state index in [9.17, 15) is 4.79 Å². The van der Waals surface area contributed by atoms with E-state index in [2.05, 4.69) is 45.0 Å². The average Bonchev–Trinajstić information content (AvgIpc) is 3.42. The minimum Gasteiger partial charge on any atom is -0.384 e. The molecule has 8 heteroatoms. The SMILES string of the molecule is C=C1C2CC2CN1Cc1ccc2c(c1)N=Cc1nc(C(=O)NCc3c(C)cc(N)nc3C)cn1C2. The summed E-state index contributed by atoms with van der Waals surface area (Å²) in [5.74, 6) is 2.46. The first-order valence-electron chi connectivity index (χ1n) is 12.0. The van der Waals surface area contributed by atoms with E-state index in [-0.39, 0.29) is 5.91 Å². The van der Waals surface area contributed by atoms with Gasteiger partial charge in [0.15, 0.2) is 5.82 Å². The number of hydrogen-bond acceptors (Lipinski definition) is 6. The fraction of sp³-hybridized carbons (Fsp3) is 0.333. The molecule has 1 aromatic carbocycles. The summed E-state index contributed by atoms with van der Waals surface area (Å²) in [4.78, 5) is 28.8. The smallest absolute Gasteiger partial charge is 0.271 e. The Morgan fingerprint density at radius 2 is 2.11 bits per heavy atom. The van der Waals surface area contributed by atoms with Gasteiger partial charge in [0.2, 0.25) is 0 Å². The van der Waals surface area contributed by atoms with Crippen LogP contribution in [0.1, 0.15) is 50.7 Å². The molecule has 0 bridgehead atoms. The van der Waals surface area contributed by atoms with Crippen LogP contribution in [0.25, 0.3) is 0 Å². The van der Waals surface area contributed by atoms with Crippen LogP contribution in [0.2, 0.25) is 0 Å². The molecular formula is C27H29N7O. The molecule has 178 valence electrons. The standard InChI is InChI=1S/C27H29N7O/c1-15-6-25(28)31-16(2)22(15)9-30-27(35)24-14-34-12-19-5-4-18(7-23(19)29-10-26(34)32-24)11-33-13-20-8-21(20)17(33)3/h4-7,10,14,20-21H,3,8-9,11-13H2,1-2H3,(H2,28,31)(H,30,35). The van der Waals surface area contributed by atoms with Crippen molar-refractivity contribution < 1.29 is 4.79 Å². The first-order chi connectivity index (χ1) is 16.9. The minimum absolute atomic E-state index is 0.228. The van der Waals surface area contributed by atoms with Crippen LogP contribution >= 0.6 is 0 Å². The first-order valence-corrected chi connectivity index (χ1v) is 12.0. The van der Waals surface area contributed by atoms with E-state index < -0.39 is 0 Å². The molecule has 1 amide bonds. The third-order valence-electron chi connectivity index (χ3n) is 7.43. The Bertz CT molecular complexity index is 1380. The van der Waals surface area contributed by atoms with E-state index in [1.165, 1.54) is 17.7 Å². The fourth-order valence-corrected chi connectivity index (χ4v) is 5.33. The Labute approximate surface area is 204 Å². The van der Waals surface area contributed by atoms with Gasteiger partial charge < -0.3 is 20.5 Å². The highest BCUT2D eigenvalue weighted by molar-refractivity contribution is 5.93. The lowest BCUT2D eigenvalue weighted by atomic mass is 10.1. The van der Waals surface area contributed by atoms with Crippen LogP contribution < -0.4 is 11.1 Å². The number of amides is 1. The predicted molar refractivity (Wildman–Crippen MR) is 135 cm³/mol. The molecule has 1 aliphatic carbocycles. The molecular weight excluding hydrogens is 438 g/mol. The van der Waals surface area contributed by atoms with Gasteiger partial charge in [0.25, 0.3) is 5.91 Å². The number of pyridine rings is 1. The van der Waals surface area contributed by atoms with E-state index in [1.807, 2.05) is 24.5 Å². The summed E-state index contributed by atoms with van der Waals surface area (Å²) in [7, 11) is 0. The van der Waals surface area contributed by atoms with Crippen molar-refractivity contribution in [2.24, 2.45) is 16.8 Å². The number of benzene rings is 1. The molecule has 8 nitrogen and oxygen atoms in total. The van der Waals surface area contributed by atoms with Gasteiger partial charge in [-0.05, 0) is 60.6 Å². The summed E-state index contributed by atoms with van der Waals surface area (Å²) in [5, 5.41) is 2.96. The summed E-state index contributed by atoms with van der Waals surface area (Å²) >= 11 is 0. The Balaban J connectivity index is 1.15. The Morgan fingerprint density at radius 3 is 2.89 bits per heavy atom. The second-order valence-electron chi connectivity index (χ2n) is 9.92. The number of nitrogens with two attached hydrogens (primary N) is 1. The number of rotatable bonds is 5. The van der Waals surface area contributed by atoms with Crippen molar-refractivity contribution in [3.8, 4) is 0 Å². The third kappa shape index (κ3) is 3.99. The van der Waals surface area contributed by atoms with Crippen molar-refractivity contribution in [2.75, 3.05) is 12.3 Å². The number of nitrogens with one attached hydrogen (secondary N) is 1. The lowest BCUT2D eigenvalue weighted by molar-refractivity contribution is 0.0946. The minimum atomic E-state index is -0.228. The van der Waals surface area contributed by atoms with Gasteiger partial charge >= 0.3 is 0 Å². The van der Waals surface area contributed by atoms with Crippen molar-refractivity contribution in [1.29, 1.82) is 0 Å². The number of carbonyl (C=O) groups excluding carboxylic acids is 1. The van der Waals surface area contributed by atoms with Crippen LogP contribution in [0.5, 0.6) is 0 Å². The van der Waals surface area contributed by atoms with Crippen LogP contribution in [-0.4, -0.2) is 38.1 Å². The maximum absolute atomic E-state index is 12.8. The molecule has 1 saturated heterocycles. The Morgan fingerprint density at radius 1 is 1.26 bits per heavy atom. The number of imidazole rings is 1. The number of carbonyl (C=O) groups is 1. The Hall–Kier alpha value is -3.94. The zero-order chi connectivity index (χ0) is 24.3. The molecule has 3 aromatic rings. The van der Waals surface area contributed by atoms with Crippen molar-refractivity contribution in [1.82, 2.24) is 24.8 Å². The number of aliphatic imine (C=N–C) groups is 1. The highest BCUT2D eigenvalue weighted by atomic mass is 16.1. The number of nitrogen functional groups attached to an aromatic ring is 1. The fourth-order valence-electron chi connectivity index (χ4n) is 5.33. The summed E-state index contributed by atoms with van der Waals surface area (Å²) in [6.07, 6.45) is 4.85. The van der Waals surface area contributed by atoms with E-state index in [4.69, 9.17) is 10.7 Å². The van der Waals surface area contributed by atoms with Gasteiger partial charge in [-0.1, -0.05) is 18.7 Å². The van der Waals surface area contributed by atoms with Crippen LogP contribution in [-0.2, 0) is 19.6 Å². The number of fused-ring (bicyclic) bond motifs is 3. The van der Waals surface area contributed by atoms with Crippen LogP contribution in [0.3, 0.4) is 0 Å². The molecule has 4 heterocycles. The van der Waals surface area contributed by atoms with Crippen molar-refractivity contribution in [2.45, 2.75) is 39.9 Å². The predicted octanol–water partition coefficient (Wildman–Crippen LogP) is 3.48. The van der Waals surface area contributed by atoms with Crippen LogP contribution in [0.15, 0.2) is 47.7 Å². The Kier molecular flexibility index (Phi) is 4.98. The largest absolute Gasteiger partial charge is 0.384 e. The highest BCUT2D eigenvalue weighted by Gasteiger charge is 2.47. The second kappa shape index (κ2) is 8.08. The molecule has 0 spiro atoms. The van der Waals surface area contributed by atoms with E-state index in [1.54, 1.807) is 12.4 Å². The maximum atomic E-state index is 12.8. The van der Waals surface area contributed by atoms with Gasteiger partial charge in [0.1, 0.15) is 11.5 Å². The second-order valence-corrected chi connectivity index (χ2v) is 9.92. The lowest BCUT2D eigenvalue weighted by Gasteiger charge is -2.22. The van der Waals surface area contributed by atoms with Crippen LogP contribution in [0.4, 0.5) is 11.5 Å². The quantitative estimate of drug-likeness (QED) is 0.468. The monoisotopic (exact) mass is 467 g/mol. The van der Waals surface area contributed by atoms with E-state index in [0.29, 0.717) is 36.3 Å². The van der Waals surface area contributed by atoms with Gasteiger partial charge in [-0.3, -0.25) is 9.79 Å². The number of anilines is 1. The molecule has 35 heavy (non-hydrogen) atoms. The lowest BCUT2D eigenvalue weighted by Crippen LogP contribution is -2.24. The van der Waals surface area contributed by atoms with Gasteiger partial charge in [0.05, 0.1) is 18.4 Å². The molecule has 1 saturated carbocycles. The summed E-state index contributed by atoms with van der Waals surface area (Å²) in [5.41, 5.74) is 13.6. The van der Waals surface area contributed by atoms with Gasteiger partial charge in [-0.25, -0.2) is 9.97 Å². The zero-order valence-corrected chi connectivity index (χ0v) is 20.1. The normalized spacial score (nSPS) is 19.7. The summed E-state index contributed by atoms with van der Waals surface area (Å²) < 4.78 is 1.97. The highest BCUT2D eigenvalue weighted by Crippen LogP contribution is 2.51. The molecule has 3 N–H and O–H groups in total. The number of piperidine rings is 1. The van der Waals surface area contributed by atoms with Gasteiger partial charge in [-0.15, -0.1) is 0 Å². The topological polar surface area (TPSA) is 101 Å². The van der Waals surface area contributed by atoms with Gasteiger partial charge in [0, 0.05) is 43.1 Å². The number of nitrogens with zero attached hydrogens (tertiary/aromatic N) is 5. The van der Waals surface area contributed by atoms with Gasteiger partial charge in [-0.2, -0.15) is 0 Å². The molecule has 2 aromatic heterocycles. The van der Waals surface area contributed by atoms with Crippen LogP contribution in [0, 0.1) is 25.7 Å². The first kappa shape index (κ1) is 21.6. The van der Waals surface area contributed by atoms with Crippen molar-refractivity contribution in [3.05, 3.63) is 82.2 Å². The number of hydrogen-bond donors (Lipinski definition) is 2. The van der Waals surface area contributed by atoms with E-state index >= 15 is 0 Å². The maximum Gasteiger partial charge on any atom is 0.271 e. The molecule has 2 atom stereocenters. The molecule has 6 rings (SSSR count). The zero-order valence-electron chi connectivity index (χ0n) is 20.1. The number of aromatic nitrogens is 3. The number of allylic oxidation sites excluding steroid dienone is 1. The number of aryl methyl sites for hydroxylation is 2. The third-order valence-corrected chi connectivity index (χ3v) is 7.43. The molecule has 2 fully saturated rings.